The van der Waals surface area contributed by atoms with Gasteiger partial charge in [-0.05, 0) is 68.4 Å². The first-order valence-corrected chi connectivity index (χ1v) is 10.2. The molecule has 144 valence electrons. The van der Waals surface area contributed by atoms with E-state index in [1.54, 1.807) is 0 Å². The van der Waals surface area contributed by atoms with Crippen LogP contribution in [0.3, 0.4) is 0 Å². The number of hydrogen-bond acceptors (Lipinski definition) is 4. The largest absolute Gasteiger partial charge is 0.334 e. The molecular formula is C19H22FN3O3S. The topological polar surface area (TPSA) is 78.5 Å². The van der Waals surface area contributed by atoms with Crippen LogP contribution in [-0.4, -0.2) is 45.4 Å². The van der Waals surface area contributed by atoms with Gasteiger partial charge in [0.15, 0.2) is 0 Å². The molecule has 0 spiro atoms. The minimum Gasteiger partial charge on any atom is -0.334 e. The fraction of sp³-hybridized carbons (Fsp3) is 0.316. The Bertz CT molecular complexity index is 899. The third-order valence-corrected chi connectivity index (χ3v) is 5.98. The molecule has 2 aromatic carbocycles. The SMILES string of the molecule is CNCC1CCCN1C(=O)c1ccc(S(=O)(=O)Nc2ccc(F)cc2)cc1. The number of benzene rings is 2. The Hall–Kier alpha value is -2.45. The smallest absolute Gasteiger partial charge is 0.261 e. The number of anilines is 1. The summed E-state index contributed by atoms with van der Waals surface area (Å²) in [5, 5.41) is 3.10. The molecule has 1 atom stereocenters. The molecule has 0 bridgehead atoms. The molecular weight excluding hydrogens is 369 g/mol. The van der Waals surface area contributed by atoms with Crippen molar-refractivity contribution in [3.8, 4) is 0 Å². The molecule has 1 unspecified atom stereocenters. The van der Waals surface area contributed by atoms with E-state index in [0.29, 0.717) is 12.1 Å². The summed E-state index contributed by atoms with van der Waals surface area (Å²) in [5.74, 6) is -0.539. The summed E-state index contributed by atoms with van der Waals surface area (Å²) in [6.45, 7) is 1.44. The molecule has 1 fully saturated rings. The van der Waals surface area contributed by atoms with Gasteiger partial charge < -0.3 is 10.2 Å². The normalized spacial score (nSPS) is 17.1. The molecule has 0 saturated carbocycles. The summed E-state index contributed by atoms with van der Waals surface area (Å²) in [5.41, 5.74) is 0.724. The van der Waals surface area contributed by atoms with Crippen LogP contribution in [0.2, 0.25) is 0 Å². The Morgan fingerprint density at radius 2 is 1.81 bits per heavy atom. The van der Waals surface area contributed by atoms with Gasteiger partial charge >= 0.3 is 0 Å². The lowest BCUT2D eigenvalue weighted by Gasteiger charge is -2.24. The number of carbonyl (C=O) groups is 1. The second-order valence-electron chi connectivity index (χ2n) is 6.49. The van der Waals surface area contributed by atoms with Crippen molar-refractivity contribution in [1.29, 1.82) is 0 Å². The van der Waals surface area contributed by atoms with Crippen molar-refractivity contribution in [3.63, 3.8) is 0 Å². The number of rotatable bonds is 6. The molecule has 0 aromatic heterocycles. The van der Waals surface area contributed by atoms with Crippen LogP contribution in [0.25, 0.3) is 0 Å². The maximum atomic E-state index is 12.9. The van der Waals surface area contributed by atoms with Crippen molar-refractivity contribution in [1.82, 2.24) is 10.2 Å². The predicted octanol–water partition coefficient (Wildman–Crippen LogP) is 2.45. The summed E-state index contributed by atoms with van der Waals surface area (Å²) in [6.07, 6.45) is 1.92. The van der Waals surface area contributed by atoms with Gasteiger partial charge in [0.2, 0.25) is 0 Å². The van der Waals surface area contributed by atoms with Crippen LogP contribution in [0.4, 0.5) is 10.1 Å². The Kier molecular flexibility index (Phi) is 5.76. The van der Waals surface area contributed by atoms with Crippen LogP contribution in [0.1, 0.15) is 23.2 Å². The summed E-state index contributed by atoms with van der Waals surface area (Å²) in [7, 11) is -1.96. The second-order valence-corrected chi connectivity index (χ2v) is 8.17. The van der Waals surface area contributed by atoms with Crippen LogP contribution >= 0.6 is 0 Å². The second kappa shape index (κ2) is 8.06. The van der Waals surface area contributed by atoms with E-state index in [-0.39, 0.29) is 22.5 Å². The van der Waals surface area contributed by atoms with Gasteiger partial charge in [-0.3, -0.25) is 9.52 Å². The zero-order valence-electron chi connectivity index (χ0n) is 15.0. The average Bonchev–Trinajstić information content (AvgIpc) is 3.11. The molecule has 1 aliphatic rings. The first-order valence-electron chi connectivity index (χ1n) is 8.75. The van der Waals surface area contributed by atoms with Gasteiger partial charge in [-0.15, -0.1) is 0 Å². The molecule has 8 heteroatoms. The molecule has 0 radical (unpaired) electrons. The molecule has 1 heterocycles. The highest BCUT2D eigenvalue weighted by Crippen LogP contribution is 2.21. The third-order valence-electron chi connectivity index (χ3n) is 4.59. The van der Waals surface area contributed by atoms with Crippen LogP contribution < -0.4 is 10.0 Å². The van der Waals surface area contributed by atoms with Crippen LogP contribution in [0.15, 0.2) is 53.4 Å². The van der Waals surface area contributed by atoms with Crippen molar-refractivity contribution in [2.24, 2.45) is 0 Å². The van der Waals surface area contributed by atoms with Crippen LogP contribution in [0.5, 0.6) is 0 Å². The molecule has 6 nitrogen and oxygen atoms in total. The number of nitrogens with zero attached hydrogens (tertiary/aromatic N) is 1. The molecule has 0 aliphatic carbocycles. The molecule has 2 aromatic rings. The zero-order chi connectivity index (χ0) is 19.4. The standard InChI is InChI=1S/C19H22FN3O3S/c1-21-13-17-3-2-12-23(17)19(24)14-4-10-18(11-5-14)27(25,26)22-16-8-6-15(20)7-9-16/h4-11,17,21-22H,2-3,12-13H2,1H3. The highest BCUT2D eigenvalue weighted by molar-refractivity contribution is 7.92. The highest BCUT2D eigenvalue weighted by atomic mass is 32.2. The molecule has 1 saturated heterocycles. The predicted molar refractivity (Wildman–Crippen MR) is 102 cm³/mol. The van der Waals surface area contributed by atoms with Crippen molar-refractivity contribution < 1.29 is 17.6 Å². The van der Waals surface area contributed by atoms with E-state index < -0.39 is 15.8 Å². The number of hydrogen-bond donors (Lipinski definition) is 2. The summed E-state index contributed by atoms with van der Waals surface area (Å²) in [6, 6.07) is 11.1. The Morgan fingerprint density at radius 3 is 2.44 bits per heavy atom. The quantitative estimate of drug-likeness (QED) is 0.793. The fourth-order valence-corrected chi connectivity index (χ4v) is 4.28. The van der Waals surface area contributed by atoms with Crippen molar-refractivity contribution in [2.75, 3.05) is 24.9 Å². The monoisotopic (exact) mass is 391 g/mol. The number of sulfonamides is 1. The molecule has 3 rings (SSSR count). The highest BCUT2D eigenvalue weighted by Gasteiger charge is 2.29. The lowest BCUT2D eigenvalue weighted by atomic mass is 10.1. The zero-order valence-corrected chi connectivity index (χ0v) is 15.8. The van der Waals surface area contributed by atoms with E-state index in [2.05, 4.69) is 10.0 Å². The summed E-state index contributed by atoms with van der Waals surface area (Å²) in [4.78, 5) is 14.6. The van der Waals surface area contributed by atoms with Gasteiger partial charge in [-0.25, -0.2) is 12.8 Å². The lowest BCUT2D eigenvalue weighted by molar-refractivity contribution is 0.0737. The minimum atomic E-state index is -3.81. The average molecular weight is 391 g/mol. The molecule has 1 amide bonds. The van der Waals surface area contributed by atoms with E-state index in [1.165, 1.54) is 48.5 Å². The Morgan fingerprint density at radius 1 is 1.15 bits per heavy atom. The molecule has 2 N–H and O–H groups in total. The van der Waals surface area contributed by atoms with Crippen LogP contribution in [-0.2, 0) is 10.0 Å². The molecule has 1 aliphatic heterocycles. The van der Waals surface area contributed by atoms with Crippen LogP contribution in [0, 0.1) is 5.82 Å². The van der Waals surface area contributed by atoms with Crippen molar-refractivity contribution >= 4 is 21.6 Å². The van der Waals surface area contributed by atoms with Gasteiger partial charge in [-0.2, -0.15) is 0 Å². The van der Waals surface area contributed by atoms with Gasteiger partial charge in [-0.1, -0.05) is 0 Å². The number of nitrogens with one attached hydrogen (secondary N) is 2. The van der Waals surface area contributed by atoms with Gasteiger partial charge in [0.05, 0.1) is 4.90 Å². The lowest BCUT2D eigenvalue weighted by Crippen LogP contribution is -2.40. The first-order chi connectivity index (χ1) is 12.9. The van der Waals surface area contributed by atoms with E-state index in [1.807, 2.05) is 11.9 Å². The number of amides is 1. The Balaban J connectivity index is 1.74. The van der Waals surface area contributed by atoms with Crippen molar-refractivity contribution in [3.05, 3.63) is 59.9 Å². The minimum absolute atomic E-state index is 0.0385. The van der Waals surface area contributed by atoms with Crippen molar-refractivity contribution in [2.45, 2.75) is 23.8 Å². The maximum absolute atomic E-state index is 12.9. The third kappa shape index (κ3) is 4.45. The number of likely N-dealkylation sites (tertiary alicyclic amines) is 1. The van der Waals surface area contributed by atoms with E-state index in [4.69, 9.17) is 0 Å². The number of halogens is 1. The molecule has 27 heavy (non-hydrogen) atoms. The number of likely N-dealkylation sites (N-methyl/N-ethyl adjacent to an activating group) is 1. The summed E-state index contributed by atoms with van der Waals surface area (Å²) >= 11 is 0. The number of carbonyl (C=O) groups excluding carboxylic acids is 1. The fourth-order valence-electron chi connectivity index (χ4n) is 3.23. The Labute approximate surface area is 158 Å². The van der Waals surface area contributed by atoms with Gasteiger partial charge in [0, 0.05) is 30.4 Å². The van der Waals surface area contributed by atoms with E-state index in [0.717, 1.165) is 19.4 Å². The van der Waals surface area contributed by atoms with E-state index in [9.17, 15) is 17.6 Å². The maximum Gasteiger partial charge on any atom is 0.261 e. The first kappa shape index (κ1) is 19.3. The van der Waals surface area contributed by atoms with E-state index >= 15 is 0 Å². The van der Waals surface area contributed by atoms with Gasteiger partial charge in [0.1, 0.15) is 5.82 Å². The van der Waals surface area contributed by atoms with Gasteiger partial charge in [0.25, 0.3) is 15.9 Å². The summed E-state index contributed by atoms with van der Waals surface area (Å²) < 4.78 is 40.2.